The maximum absolute atomic E-state index is 13.9. The summed E-state index contributed by atoms with van der Waals surface area (Å²) in [6, 6.07) is 18.6. The summed E-state index contributed by atoms with van der Waals surface area (Å²) in [5, 5.41) is 5.72. The van der Waals surface area contributed by atoms with Gasteiger partial charge in [0, 0.05) is 73.4 Å². The molecule has 55 heavy (non-hydrogen) atoms. The Morgan fingerprint density at radius 2 is 1.60 bits per heavy atom. The predicted molar refractivity (Wildman–Crippen MR) is 206 cm³/mol. The van der Waals surface area contributed by atoms with Crippen molar-refractivity contribution in [2.75, 3.05) is 56.2 Å². The van der Waals surface area contributed by atoms with Crippen molar-refractivity contribution in [2.45, 2.75) is 57.8 Å². The number of nitrogens with zero attached hydrogens (tertiary/aromatic N) is 3. The average Bonchev–Trinajstić information content (AvgIpc) is 3.19. The highest BCUT2D eigenvalue weighted by Gasteiger charge is 2.32. The van der Waals surface area contributed by atoms with E-state index in [9.17, 15) is 27.6 Å². The lowest BCUT2D eigenvalue weighted by molar-refractivity contribution is -0.137. The second kappa shape index (κ2) is 17.1. The van der Waals surface area contributed by atoms with E-state index in [0.29, 0.717) is 54.3 Å². The number of amides is 2. The van der Waals surface area contributed by atoms with Gasteiger partial charge in [0.15, 0.2) is 5.78 Å². The molecule has 290 valence electrons. The molecule has 2 fully saturated rings. The van der Waals surface area contributed by atoms with Gasteiger partial charge in [-0.1, -0.05) is 12.1 Å². The minimum atomic E-state index is -4.50. The standard InChI is InChI=1S/C42H47F3N6O4/c1-28-21-31(38(52)41(2,46)12-16-50-17-19-55-20-18-50)24-32(22-28)40(54)49-36-10-9-34(51-14-4-3-5-15-51)26-35(36)37-25-30(11-13-47-37)39(53)48-27-29-7-6-8-33(23-29)42(43,44)45/h6-11,13,21-26H,3-5,12,14-20,27,46H2,1-2H3,(H,48,53)(H,49,54). The van der Waals surface area contributed by atoms with Gasteiger partial charge in [0.05, 0.1) is 35.7 Å². The lowest BCUT2D eigenvalue weighted by Crippen LogP contribution is -2.48. The molecule has 1 atom stereocenters. The van der Waals surface area contributed by atoms with Gasteiger partial charge in [0.2, 0.25) is 0 Å². The molecular weight excluding hydrogens is 709 g/mol. The number of Topliss-reactive ketones (excluding diaryl/α,β-unsaturated/α-hetero) is 1. The topological polar surface area (TPSA) is 130 Å². The second-order valence-electron chi connectivity index (χ2n) is 14.6. The molecule has 0 aliphatic carbocycles. The molecule has 0 spiro atoms. The molecule has 1 aromatic heterocycles. The largest absolute Gasteiger partial charge is 0.416 e. The highest BCUT2D eigenvalue weighted by molar-refractivity contribution is 6.09. The van der Waals surface area contributed by atoms with Gasteiger partial charge < -0.3 is 26.0 Å². The van der Waals surface area contributed by atoms with Crippen molar-refractivity contribution in [2.24, 2.45) is 5.73 Å². The van der Waals surface area contributed by atoms with Crippen LogP contribution < -0.4 is 21.3 Å². The predicted octanol–water partition coefficient (Wildman–Crippen LogP) is 6.87. The fourth-order valence-electron chi connectivity index (χ4n) is 6.96. The number of morpholine rings is 1. The molecule has 0 bridgehead atoms. The Labute approximate surface area is 319 Å². The van der Waals surface area contributed by atoms with Crippen molar-refractivity contribution in [1.29, 1.82) is 0 Å². The Morgan fingerprint density at radius 1 is 0.855 bits per heavy atom. The first kappa shape index (κ1) is 39.6. The monoisotopic (exact) mass is 756 g/mol. The zero-order chi connectivity index (χ0) is 39.2. The molecule has 1 unspecified atom stereocenters. The average molecular weight is 757 g/mol. The third kappa shape index (κ3) is 10.2. The van der Waals surface area contributed by atoms with Gasteiger partial charge in [-0.15, -0.1) is 0 Å². The van der Waals surface area contributed by atoms with Gasteiger partial charge >= 0.3 is 6.18 Å². The van der Waals surface area contributed by atoms with E-state index in [-0.39, 0.29) is 23.5 Å². The quantitative estimate of drug-likeness (QED) is 0.134. The Hall–Kier alpha value is -5.11. The van der Waals surface area contributed by atoms with Gasteiger partial charge in [-0.25, -0.2) is 0 Å². The van der Waals surface area contributed by atoms with Gasteiger partial charge in [0.1, 0.15) is 0 Å². The molecule has 2 aliphatic heterocycles. The summed E-state index contributed by atoms with van der Waals surface area (Å²) in [5.41, 5.74) is 8.95. The molecule has 0 saturated carbocycles. The highest BCUT2D eigenvalue weighted by Crippen LogP contribution is 2.34. The second-order valence-corrected chi connectivity index (χ2v) is 14.6. The van der Waals surface area contributed by atoms with Crippen LogP contribution >= 0.6 is 0 Å². The smallest absolute Gasteiger partial charge is 0.379 e. The van der Waals surface area contributed by atoms with Crippen molar-refractivity contribution >= 4 is 29.0 Å². The van der Waals surface area contributed by atoms with Crippen LogP contribution in [0.5, 0.6) is 0 Å². The van der Waals surface area contributed by atoms with Crippen molar-refractivity contribution in [3.8, 4) is 11.3 Å². The number of hydrogen-bond donors (Lipinski definition) is 3. The molecule has 2 aliphatic rings. The number of piperidine rings is 1. The Balaban J connectivity index is 1.24. The molecule has 2 amide bonds. The maximum atomic E-state index is 13.9. The van der Waals surface area contributed by atoms with Crippen molar-refractivity contribution in [3.05, 3.63) is 112 Å². The number of benzene rings is 3. The molecule has 10 nitrogen and oxygen atoms in total. The molecule has 4 aromatic rings. The summed E-state index contributed by atoms with van der Waals surface area (Å²) in [6.07, 6.45) is 0.686. The van der Waals surface area contributed by atoms with E-state index in [0.717, 1.165) is 68.8 Å². The number of aromatic nitrogens is 1. The van der Waals surface area contributed by atoms with Crippen LogP contribution in [0.25, 0.3) is 11.3 Å². The van der Waals surface area contributed by atoms with Crippen molar-refractivity contribution in [3.63, 3.8) is 0 Å². The minimum absolute atomic E-state index is 0.107. The molecule has 3 heterocycles. The minimum Gasteiger partial charge on any atom is -0.379 e. The molecule has 4 N–H and O–H groups in total. The number of ether oxygens (including phenoxy) is 1. The molecule has 0 radical (unpaired) electrons. The van der Waals surface area contributed by atoms with Gasteiger partial charge in [0.25, 0.3) is 11.8 Å². The number of pyridine rings is 1. The van der Waals surface area contributed by atoms with E-state index in [2.05, 4.69) is 25.4 Å². The SMILES string of the molecule is Cc1cc(C(=O)Nc2ccc(N3CCCCC3)cc2-c2cc(C(=O)NCc3cccc(C(F)(F)F)c3)ccn2)cc(C(=O)C(C)(N)CCN2CCOCC2)c1. The first-order valence-corrected chi connectivity index (χ1v) is 18.6. The third-order valence-corrected chi connectivity index (χ3v) is 10.1. The third-order valence-electron chi connectivity index (χ3n) is 10.1. The first-order valence-electron chi connectivity index (χ1n) is 18.6. The van der Waals surface area contributed by atoms with Gasteiger partial charge in [-0.2, -0.15) is 13.2 Å². The number of halogens is 3. The number of nitrogens with one attached hydrogen (secondary N) is 2. The number of aryl methyl sites for hydroxylation is 1. The van der Waals surface area contributed by atoms with Crippen LogP contribution in [0.2, 0.25) is 0 Å². The lowest BCUT2D eigenvalue weighted by Gasteiger charge is -2.30. The van der Waals surface area contributed by atoms with E-state index < -0.39 is 29.1 Å². The van der Waals surface area contributed by atoms with Crippen LogP contribution in [0.15, 0.2) is 79.0 Å². The van der Waals surface area contributed by atoms with E-state index in [1.54, 1.807) is 31.2 Å². The van der Waals surface area contributed by atoms with Crippen LogP contribution in [0.1, 0.15) is 80.4 Å². The number of hydrogen-bond acceptors (Lipinski definition) is 8. The summed E-state index contributed by atoms with van der Waals surface area (Å²) in [4.78, 5) is 50.0. The first-order chi connectivity index (χ1) is 26.3. The number of carbonyl (C=O) groups excluding carboxylic acids is 3. The van der Waals surface area contributed by atoms with Crippen LogP contribution in [-0.2, 0) is 17.5 Å². The van der Waals surface area contributed by atoms with Crippen molar-refractivity contribution < 1.29 is 32.3 Å². The summed E-state index contributed by atoms with van der Waals surface area (Å²) < 4.78 is 45.1. The number of carbonyl (C=O) groups is 3. The van der Waals surface area contributed by atoms with Gasteiger partial charge in [-0.05, 0) is 111 Å². The molecule has 3 aromatic carbocycles. The number of alkyl halides is 3. The van der Waals surface area contributed by atoms with E-state index >= 15 is 0 Å². The Morgan fingerprint density at radius 3 is 2.35 bits per heavy atom. The Kier molecular flexibility index (Phi) is 12.3. The molecular formula is C42H47F3N6O4. The fourth-order valence-corrected chi connectivity index (χ4v) is 6.96. The van der Waals surface area contributed by atoms with Crippen LogP contribution in [0, 0.1) is 6.92 Å². The van der Waals surface area contributed by atoms with E-state index in [1.165, 1.54) is 24.4 Å². The van der Waals surface area contributed by atoms with Crippen molar-refractivity contribution in [1.82, 2.24) is 15.2 Å². The Bertz CT molecular complexity index is 2020. The number of rotatable bonds is 12. The molecule has 2 saturated heterocycles. The summed E-state index contributed by atoms with van der Waals surface area (Å²) in [7, 11) is 0. The summed E-state index contributed by atoms with van der Waals surface area (Å²) in [5.74, 6) is -1.18. The number of anilines is 2. The zero-order valence-corrected chi connectivity index (χ0v) is 31.2. The number of ketones is 1. The van der Waals surface area contributed by atoms with E-state index in [1.807, 2.05) is 25.1 Å². The highest BCUT2D eigenvalue weighted by atomic mass is 19.4. The molecule has 13 heteroatoms. The van der Waals surface area contributed by atoms with E-state index in [4.69, 9.17) is 10.5 Å². The van der Waals surface area contributed by atoms with Gasteiger partial charge in [-0.3, -0.25) is 24.3 Å². The zero-order valence-electron chi connectivity index (χ0n) is 31.2. The number of nitrogens with two attached hydrogens (primary N) is 1. The summed E-state index contributed by atoms with van der Waals surface area (Å²) in [6.45, 7) is 8.73. The fraction of sp³-hybridized carbons (Fsp3) is 0.381. The van der Waals surface area contributed by atoms with Crippen LogP contribution in [-0.4, -0.2) is 79.0 Å². The van der Waals surface area contributed by atoms with Crippen LogP contribution in [0.4, 0.5) is 24.5 Å². The lowest BCUT2D eigenvalue weighted by atomic mass is 9.87. The summed E-state index contributed by atoms with van der Waals surface area (Å²) >= 11 is 0. The normalized spacial score (nSPS) is 16.3. The van der Waals surface area contributed by atoms with Crippen LogP contribution in [0.3, 0.4) is 0 Å². The maximum Gasteiger partial charge on any atom is 0.416 e. The molecule has 6 rings (SSSR count).